The predicted octanol–water partition coefficient (Wildman–Crippen LogP) is 1.23. The smallest absolute Gasteiger partial charge is 0.332 e. The van der Waals surface area contributed by atoms with E-state index in [4.69, 9.17) is 43.0 Å². The number of carboxylic acid groups (broad SMARTS) is 1. The van der Waals surface area contributed by atoms with E-state index in [1.807, 2.05) is 6.92 Å². The van der Waals surface area contributed by atoms with Gasteiger partial charge in [0.05, 0.1) is 31.5 Å². The lowest BCUT2D eigenvalue weighted by Gasteiger charge is -2.46. The summed E-state index contributed by atoms with van der Waals surface area (Å²) in [5.41, 5.74) is 0. The van der Waals surface area contributed by atoms with Gasteiger partial charge in [-0.1, -0.05) is 96.8 Å². The highest BCUT2D eigenvalue weighted by Gasteiger charge is 2.52. The minimum atomic E-state index is -1.90. The Balaban J connectivity index is 1.52. The third-order valence-electron chi connectivity index (χ3n) is 12.5. The number of aliphatic hydroxyl groups excluding tert-OH is 9. The molecule has 0 radical (unpaired) electrons. The highest BCUT2D eigenvalue weighted by Crippen LogP contribution is 2.32. The second-order valence-electron chi connectivity index (χ2n) is 18.3. The first-order valence-corrected chi connectivity index (χ1v) is 24.5. The molecule has 3 saturated heterocycles. The molecule has 0 aromatic heterocycles. The molecule has 0 spiro atoms. The van der Waals surface area contributed by atoms with Gasteiger partial charge in [-0.2, -0.15) is 0 Å². The van der Waals surface area contributed by atoms with Crippen LogP contribution in [0.3, 0.4) is 0 Å². The average molecular weight is 971 g/mol. The van der Waals surface area contributed by atoms with E-state index in [2.05, 4.69) is 0 Å². The van der Waals surface area contributed by atoms with Crippen LogP contribution in [0.1, 0.15) is 149 Å². The molecule has 3 rings (SSSR count). The highest BCUT2D eigenvalue weighted by molar-refractivity contribution is 5.71. The Bertz CT molecular complexity index is 1380. The Morgan fingerprint density at radius 3 is 1.66 bits per heavy atom. The van der Waals surface area contributed by atoms with Crippen LogP contribution >= 0.6 is 0 Å². The van der Waals surface area contributed by atoms with E-state index in [-0.39, 0.29) is 6.61 Å². The largest absolute Gasteiger partial charge is 0.479 e. The minimum absolute atomic E-state index is 0.275. The molecule has 67 heavy (non-hydrogen) atoms. The van der Waals surface area contributed by atoms with Crippen molar-refractivity contribution in [3.63, 3.8) is 0 Å². The van der Waals surface area contributed by atoms with Gasteiger partial charge in [0.2, 0.25) is 0 Å². The maximum absolute atomic E-state index is 12.0. The molecule has 13 unspecified atom stereocenters. The number of unbranched alkanes of at least 4 members (excludes halogenated alkanes) is 12. The fraction of sp³-hybridized carbons (Fsp3) is 0.935. The van der Waals surface area contributed by atoms with Gasteiger partial charge < -0.3 is 89.0 Å². The zero-order valence-electron chi connectivity index (χ0n) is 39.5. The maximum atomic E-state index is 12.0. The van der Waals surface area contributed by atoms with Crippen LogP contribution in [0.5, 0.6) is 0 Å². The summed E-state index contributed by atoms with van der Waals surface area (Å²) in [5.74, 6) is -2.58. The zero-order valence-corrected chi connectivity index (χ0v) is 39.5. The normalized spacial score (nSPS) is 32.0. The summed E-state index contributed by atoms with van der Waals surface area (Å²) in [6, 6.07) is 0. The topological polar surface area (TPSA) is 327 Å². The SMILES string of the molecule is CCCC[C@H](CCC[C@H](O)[C@H](O)CCCCCCCCCCCCCC[C@H](O)C(=O)O)OC1OCC(OC(C)=O)C(O)C1OC1OCC(O)C(O)C1OC1OC(COC(C)=O)C(O)C(O)C1O. The monoisotopic (exact) mass is 971 g/mol. The molecule has 0 saturated carbocycles. The summed E-state index contributed by atoms with van der Waals surface area (Å²) in [4.78, 5) is 34.1. The van der Waals surface area contributed by atoms with Crippen molar-refractivity contribution in [1.82, 2.24) is 0 Å². The van der Waals surface area contributed by atoms with E-state index in [1.165, 1.54) is 0 Å². The fourth-order valence-corrected chi connectivity index (χ4v) is 8.46. The number of carbonyl (C=O) groups excluding carboxylic acids is 2. The van der Waals surface area contributed by atoms with Gasteiger partial charge in [0, 0.05) is 13.8 Å². The number of hydrogen-bond acceptors (Lipinski definition) is 20. The molecule has 3 fully saturated rings. The van der Waals surface area contributed by atoms with E-state index in [9.17, 15) is 60.3 Å². The van der Waals surface area contributed by atoms with Crippen LogP contribution < -0.4 is 0 Å². The molecular weight excluding hydrogens is 888 g/mol. The van der Waals surface area contributed by atoms with Gasteiger partial charge in [-0.05, 0) is 38.5 Å². The third-order valence-corrected chi connectivity index (χ3v) is 12.5. The second-order valence-corrected chi connectivity index (χ2v) is 18.3. The van der Waals surface area contributed by atoms with Gasteiger partial charge in [-0.3, -0.25) is 9.59 Å². The van der Waals surface area contributed by atoms with Crippen LogP contribution in [0, 0.1) is 0 Å². The highest BCUT2D eigenvalue weighted by atomic mass is 16.8. The van der Waals surface area contributed by atoms with Crippen molar-refractivity contribution in [2.24, 2.45) is 0 Å². The quantitative estimate of drug-likeness (QED) is 0.0327. The fourth-order valence-electron chi connectivity index (χ4n) is 8.46. The van der Waals surface area contributed by atoms with Crippen LogP contribution in [0.2, 0.25) is 0 Å². The van der Waals surface area contributed by atoms with Crippen molar-refractivity contribution in [3.05, 3.63) is 0 Å². The molecule has 10 N–H and O–H groups in total. The first-order valence-electron chi connectivity index (χ1n) is 24.5. The average Bonchev–Trinajstić information content (AvgIpc) is 3.28. The zero-order chi connectivity index (χ0) is 49.5. The Morgan fingerprint density at radius 2 is 1.09 bits per heavy atom. The maximum Gasteiger partial charge on any atom is 0.332 e. The van der Waals surface area contributed by atoms with Crippen molar-refractivity contribution >= 4 is 17.9 Å². The lowest BCUT2D eigenvalue weighted by atomic mass is 9.98. The first kappa shape index (κ1) is 59.1. The molecule has 3 heterocycles. The van der Waals surface area contributed by atoms with Crippen LogP contribution in [-0.4, -0.2) is 193 Å². The van der Waals surface area contributed by atoms with Gasteiger partial charge in [0.15, 0.2) is 31.1 Å². The van der Waals surface area contributed by atoms with Crippen LogP contribution in [-0.2, 0) is 52.3 Å². The molecule has 0 amide bonds. The summed E-state index contributed by atoms with van der Waals surface area (Å²) < 4.78 is 46.0. The third kappa shape index (κ3) is 21.0. The van der Waals surface area contributed by atoms with Crippen LogP contribution in [0.15, 0.2) is 0 Å². The summed E-state index contributed by atoms with van der Waals surface area (Å²) in [7, 11) is 0. The molecule has 3 aliphatic heterocycles. The molecule has 21 heteroatoms. The van der Waals surface area contributed by atoms with E-state index in [0.29, 0.717) is 38.5 Å². The van der Waals surface area contributed by atoms with Crippen molar-refractivity contribution in [1.29, 1.82) is 0 Å². The molecule has 0 aromatic carbocycles. The van der Waals surface area contributed by atoms with Gasteiger partial charge in [-0.15, -0.1) is 0 Å². The minimum Gasteiger partial charge on any atom is -0.479 e. The lowest BCUT2D eigenvalue weighted by molar-refractivity contribution is -0.380. The molecule has 3 aliphatic rings. The van der Waals surface area contributed by atoms with E-state index >= 15 is 0 Å². The summed E-state index contributed by atoms with van der Waals surface area (Å²) in [6.45, 7) is 3.02. The predicted molar refractivity (Wildman–Crippen MR) is 235 cm³/mol. The molecule has 0 aliphatic carbocycles. The Morgan fingerprint density at radius 1 is 0.567 bits per heavy atom. The summed E-state index contributed by atoms with van der Waals surface area (Å²) in [5, 5.41) is 105. The van der Waals surface area contributed by atoms with Crippen LogP contribution in [0.25, 0.3) is 0 Å². The molecular formula is C46H82O21. The molecule has 17 atom stereocenters. The van der Waals surface area contributed by atoms with Crippen molar-refractivity contribution < 1.29 is 103 Å². The van der Waals surface area contributed by atoms with E-state index < -0.39 is 135 Å². The number of carboxylic acids is 1. The number of rotatable bonds is 33. The standard InChI is InChI=1S/C46H82O21/c1-4-5-19-29(20-18-23-31(50)30(49)21-16-14-12-10-8-6-7-9-11-13-15-17-22-32(51)43(58)59)64-45-42(38(55)35(26-62-45)63-28(3)48)67-46-41(36(53)33(52)24-61-46)66-44-40(57)39(56)37(54)34(65-44)25-60-27(2)47/h29-42,44-46,49-57H,4-26H2,1-3H3,(H,58,59)/t29-,30-,31+,32+,33?,34?,35?,36?,37?,38?,39?,40?,41?,42?,44?,45?,46?/m1/s1. The number of aliphatic carboxylic acids is 1. The van der Waals surface area contributed by atoms with Crippen molar-refractivity contribution in [2.75, 3.05) is 19.8 Å². The van der Waals surface area contributed by atoms with E-state index in [0.717, 1.165) is 104 Å². The number of hydrogen-bond donors (Lipinski definition) is 10. The van der Waals surface area contributed by atoms with Gasteiger partial charge in [0.25, 0.3) is 0 Å². The Labute approximate surface area is 393 Å². The van der Waals surface area contributed by atoms with Gasteiger partial charge in [-0.25, -0.2) is 4.79 Å². The Hall–Kier alpha value is -2.19. The molecule has 392 valence electrons. The molecule has 0 aromatic rings. The molecule has 21 nitrogen and oxygen atoms in total. The number of carbonyl (C=O) groups is 3. The number of esters is 2. The number of aliphatic hydroxyl groups is 9. The molecule has 0 bridgehead atoms. The first-order chi connectivity index (χ1) is 31.9. The second kappa shape index (κ2) is 31.9. The Kier molecular flexibility index (Phi) is 28.2. The van der Waals surface area contributed by atoms with Crippen LogP contribution in [0.4, 0.5) is 0 Å². The van der Waals surface area contributed by atoms with Gasteiger partial charge >= 0.3 is 17.9 Å². The lowest BCUT2D eigenvalue weighted by Crippen LogP contribution is -2.64. The summed E-state index contributed by atoms with van der Waals surface area (Å²) in [6.07, 6.45) is -7.93. The summed E-state index contributed by atoms with van der Waals surface area (Å²) >= 11 is 0. The van der Waals surface area contributed by atoms with Gasteiger partial charge in [0.1, 0.15) is 61.5 Å². The van der Waals surface area contributed by atoms with Crippen molar-refractivity contribution in [2.45, 2.75) is 254 Å². The van der Waals surface area contributed by atoms with Crippen molar-refractivity contribution in [3.8, 4) is 0 Å². The van der Waals surface area contributed by atoms with E-state index in [1.54, 1.807) is 0 Å². The number of ether oxygens (including phenoxy) is 8.